The number of hydrogen-bond acceptors (Lipinski definition) is 10. The molecule has 320 valence electrons. The van der Waals surface area contributed by atoms with Gasteiger partial charge in [-0.05, 0) is 86.0 Å². The van der Waals surface area contributed by atoms with Gasteiger partial charge >= 0.3 is 12.2 Å². The topological polar surface area (TPSA) is 208 Å². The maximum Gasteiger partial charge on any atom is 0.412 e. The predicted molar refractivity (Wildman–Crippen MR) is 226 cm³/mol. The molecule has 2 aromatic rings. The Morgan fingerprint density at radius 1 is 0.879 bits per heavy atom. The van der Waals surface area contributed by atoms with Crippen LogP contribution in [0.4, 0.5) is 21.0 Å². The monoisotopic (exact) mass is 825 g/mol. The number of aliphatic hydroxyl groups excluding tert-OH is 1. The molecule has 0 aromatic heterocycles. The van der Waals surface area contributed by atoms with Gasteiger partial charge < -0.3 is 45.0 Å². The molecular weight excluding hydrogens is 763 g/mol. The van der Waals surface area contributed by atoms with E-state index in [1.807, 2.05) is 0 Å². The molecule has 0 bridgehead atoms. The van der Waals surface area contributed by atoms with Crippen molar-refractivity contribution >= 4 is 55.2 Å². The number of amides is 5. The van der Waals surface area contributed by atoms with Crippen LogP contribution in [0.5, 0.6) is 11.5 Å². The van der Waals surface area contributed by atoms with E-state index in [2.05, 4.69) is 57.5 Å². The first kappa shape index (κ1) is 47.3. The molecule has 1 aliphatic heterocycles. The lowest BCUT2D eigenvalue weighted by Crippen LogP contribution is -2.50. The zero-order valence-corrected chi connectivity index (χ0v) is 37.1. The van der Waals surface area contributed by atoms with Crippen molar-refractivity contribution in [3.8, 4) is 11.5 Å². The van der Waals surface area contributed by atoms with Crippen molar-refractivity contribution in [3.63, 3.8) is 0 Å². The number of hydrogen-bond donors (Lipinski definition) is 5. The third kappa shape index (κ3) is 11.5. The fourth-order valence-electron chi connectivity index (χ4n) is 7.42. The van der Waals surface area contributed by atoms with Crippen LogP contribution in [0.1, 0.15) is 105 Å². The number of anilines is 2. The van der Waals surface area contributed by atoms with Crippen molar-refractivity contribution in [2.24, 2.45) is 11.7 Å². The first-order chi connectivity index (χ1) is 26.9. The highest BCUT2D eigenvalue weighted by Crippen LogP contribution is 2.46. The van der Waals surface area contributed by atoms with Crippen LogP contribution in [0, 0.1) is 5.92 Å². The second kappa shape index (κ2) is 19.6. The first-order valence-corrected chi connectivity index (χ1v) is 21.8. The van der Waals surface area contributed by atoms with Crippen LogP contribution < -0.4 is 30.8 Å². The Kier molecular flexibility index (Phi) is 16.0. The van der Waals surface area contributed by atoms with Crippen molar-refractivity contribution in [1.29, 1.82) is 0 Å². The summed E-state index contributed by atoms with van der Waals surface area (Å²) in [5.74, 6) is -1.29. The molecule has 5 amide bonds. The molecule has 1 aliphatic rings. The molecule has 3 atom stereocenters. The third-order valence-electron chi connectivity index (χ3n) is 10.1. The van der Waals surface area contributed by atoms with E-state index in [4.69, 9.17) is 24.4 Å². The molecule has 58 heavy (non-hydrogen) atoms. The smallest absolute Gasteiger partial charge is 0.412 e. The fraction of sp³-hybridized carbons (Fsp3) is 0.548. The quantitative estimate of drug-likeness (QED) is 0.106. The summed E-state index contributed by atoms with van der Waals surface area (Å²) >= 11 is 0. The lowest BCUT2D eigenvalue weighted by atomic mass is 10.0. The SMILES string of the molecule is COc1cc(C(=O)N2C=C(c3ccc(NC(=O)C(C)NC(=O)C(OC(N)=O)C(C)C)cc3)CC2CO)c(NC(=O)OC(C)(C)C)cc1O[Si](C(C)C)(C(C)C)C(C)C. The maximum atomic E-state index is 14.5. The van der Waals surface area contributed by atoms with E-state index in [0.29, 0.717) is 23.6 Å². The van der Waals surface area contributed by atoms with E-state index in [9.17, 15) is 29.1 Å². The summed E-state index contributed by atoms with van der Waals surface area (Å²) in [6, 6.07) is 8.47. The summed E-state index contributed by atoms with van der Waals surface area (Å²) in [6.45, 7) is 22.7. The van der Waals surface area contributed by atoms with E-state index in [1.54, 1.807) is 77.2 Å². The third-order valence-corrected chi connectivity index (χ3v) is 16.1. The summed E-state index contributed by atoms with van der Waals surface area (Å²) in [4.78, 5) is 66.0. The molecule has 0 aliphatic carbocycles. The molecule has 3 rings (SSSR count). The Balaban J connectivity index is 1.95. The number of ether oxygens (including phenoxy) is 3. The van der Waals surface area contributed by atoms with Crippen LogP contribution in [0.15, 0.2) is 42.6 Å². The van der Waals surface area contributed by atoms with E-state index < -0.39 is 62.0 Å². The van der Waals surface area contributed by atoms with Crippen molar-refractivity contribution < 1.29 is 47.7 Å². The molecule has 0 saturated heterocycles. The van der Waals surface area contributed by atoms with Gasteiger partial charge in [-0.15, -0.1) is 0 Å². The van der Waals surface area contributed by atoms with Crippen molar-refractivity contribution in [3.05, 3.63) is 53.7 Å². The van der Waals surface area contributed by atoms with Crippen LogP contribution in [0.25, 0.3) is 5.57 Å². The van der Waals surface area contributed by atoms with Gasteiger partial charge in [-0.1, -0.05) is 67.5 Å². The largest absolute Gasteiger partial charge is 0.540 e. The van der Waals surface area contributed by atoms with Gasteiger partial charge in [-0.25, -0.2) is 9.59 Å². The van der Waals surface area contributed by atoms with E-state index >= 15 is 0 Å². The first-order valence-electron chi connectivity index (χ1n) is 19.7. The number of benzene rings is 2. The zero-order chi connectivity index (χ0) is 43.9. The predicted octanol–water partition coefficient (Wildman–Crippen LogP) is 7.41. The standard InChI is InChI=1S/C42H63N5O10Si/c1-23(2)36(55-40(43)52)38(50)44-27(9)37(49)45-30-16-14-28(15-17-30)29-18-31(22-48)47(21-29)39(51)32-19-34(54-13)35(20-33(32)46-41(53)56-42(10,11)12)57-58(24(3)4,25(5)6)26(7)8/h14-17,19-21,23-27,31,36,48H,18,22H2,1-13H3,(H2,43,52)(H,44,50)(H,45,49)(H,46,53). The van der Waals surface area contributed by atoms with Crippen LogP contribution >= 0.6 is 0 Å². The number of nitrogens with zero attached hydrogens (tertiary/aromatic N) is 1. The Bertz CT molecular complexity index is 1820. The summed E-state index contributed by atoms with van der Waals surface area (Å²) < 4.78 is 23.3. The molecule has 15 nitrogen and oxygen atoms in total. The number of nitrogens with one attached hydrogen (secondary N) is 3. The van der Waals surface area contributed by atoms with Crippen molar-refractivity contribution in [1.82, 2.24) is 10.2 Å². The highest BCUT2D eigenvalue weighted by Gasteiger charge is 2.48. The normalized spacial score (nSPS) is 15.5. The average molecular weight is 826 g/mol. The molecule has 0 spiro atoms. The summed E-state index contributed by atoms with van der Waals surface area (Å²) in [5.41, 5.74) is 7.18. The van der Waals surface area contributed by atoms with Crippen LogP contribution in [0.2, 0.25) is 16.6 Å². The lowest BCUT2D eigenvalue weighted by Gasteiger charge is -2.42. The molecule has 1 heterocycles. The minimum Gasteiger partial charge on any atom is -0.540 e. The number of carbonyl (C=O) groups is 5. The van der Waals surface area contributed by atoms with Gasteiger partial charge in [0.1, 0.15) is 17.4 Å². The summed E-state index contributed by atoms with van der Waals surface area (Å²) in [7, 11) is -1.01. The van der Waals surface area contributed by atoms with Gasteiger partial charge in [0.05, 0.1) is 31.0 Å². The van der Waals surface area contributed by atoms with E-state index in [1.165, 1.54) is 18.9 Å². The van der Waals surface area contributed by atoms with Gasteiger partial charge in [0, 0.05) is 18.0 Å². The molecule has 0 radical (unpaired) electrons. The second-order valence-electron chi connectivity index (χ2n) is 16.9. The minimum atomic E-state index is -2.51. The van der Waals surface area contributed by atoms with Crippen LogP contribution in [-0.4, -0.2) is 85.7 Å². The van der Waals surface area contributed by atoms with Crippen molar-refractivity contribution in [2.75, 3.05) is 24.4 Å². The summed E-state index contributed by atoms with van der Waals surface area (Å²) in [5, 5.41) is 18.5. The van der Waals surface area contributed by atoms with Crippen molar-refractivity contribution in [2.45, 2.75) is 130 Å². The fourth-order valence-corrected chi connectivity index (χ4v) is 12.7. The maximum absolute atomic E-state index is 14.5. The van der Waals surface area contributed by atoms with Crippen LogP contribution in [-0.2, 0) is 19.1 Å². The molecular formula is C42H63N5O10Si. The van der Waals surface area contributed by atoms with Gasteiger partial charge in [0.25, 0.3) is 20.1 Å². The molecule has 2 aromatic carbocycles. The molecule has 3 unspecified atom stereocenters. The highest BCUT2D eigenvalue weighted by molar-refractivity contribution is 6.78. The molecule has 0 saturated carbocycles. The van der Waals surface area contributed by atoms with Gasteiger partial charge in [0.2, 0.25) is 5.91 Å². The number of rotatable bonds is 16. The van der Waals surface area contributed by atoms with Crippen LogP contribution in [0.3, 0.4) is 0 Å². The van der Waals surface area contributed by atoms with Gasteiger partial charge in [0.15, 0.2) is 11.9 Å². The Labute approximate surface area is 343 Å². The number of aliphatic hydroxyl groups is 1. The molecule has 6 N–H and O–H groups in total. The number of primary amides is 1. The zero-order valence-electron chi connectivity index (χ0n) is 36.1. The van der Waals surface area contributed by atoms with E-state index in [0.717, 1.165) is 11.1 Å². The molecule has 16 heteroatoms. The highest BCUT2D eigenvalue weighted by atomic mass is 28.4. The Morgan fingerprint density at radius 3 is 1.95 bits per heavy atom. The second-order valence-corrected chi connectivity index (χ2v) is 22.3. The average Bonchev–Trinajstić information content (AvgIpc) is 3.56. The Hall–Kier alpha value is -5.09. The number of methoxy groups -OCH3 is 1. The van der Waals surface area contributed by atoms with Gasteiger partial charge in [-0.2, -0.15) is 0 Å². The van der Waals surface area contributed by atoms with Gasteiger partial charge in [-0.3, -0.25) is 19.7 Å². The lowest BCUT2D eigenvalue weighted by molar-refractivity contribution is -0.134. The molecule has 0 fully saturated rings. The minimum absolute atomic E-state index is 0.108. The van der Waals surface area contributed by atoms with E-state index in [-0.39, 0.29) is 40.4 Å². The number of carbonyl (C=O) groups excluding carboxylic acids is 5. The summed E-state index contributed by atoms with van der Waals surface area (Å²) in [6.07, 6.45) is -1.02. The number of nitrogens with two attached hydrogens (primary N) is 1. The Morgan fingerprint density at radius 2 is 1.47 bits per heavy atom.